The van der Waals surface area contributed by atoms with Gasteiger partial charge >= 0.3 is 12.1 Å². The van der Waals surface area contributed by atoms with Crippen LogP contribution >= 0.6 is 23.2 Å². The van der Waals surface area contributed by atoms with Gasteiger partial charge in [0.1, 0.15) is 6.61 Å². The van der Waals surface area contributed by atoms with Gasteiger partial charge in [0.2, 0.25) is 0 Å². The summed E-state index contributed by atoms with van der Waals surface area (Å²) in [6.45, 7) is 0.133. The van der Waals surface area contributed by atoms with Crippen molar-refractivity contribution in [3.05, 3.63) is 93.5 Å². The van der Waals surface area contributed by atoms with E-state index in [-0.39, 0.29) is 24.0 Å². The Morgan fingerprint density at radius 1 is 0.968 bits per heavy atom. The highest BCUT2D eigenvalue weighted by Gasteiger charge is 2.29. The fraction of sp³-hybridized carbons (Fsp3) is 0.167. The lowest BCUT2D eigenvalue weighted by Gasteiger charge is -2.20. The van der Waals surface area contributed by atoms with E-state index in [2.05, 4.69) is 17.4 Å². The number of fused-ring (bicyclic) bond motifs is 3. The molecule has 0 saturated carbocycles. The van der Waals surface area contributed by atoms with Gasteiger partial charge in [-0.25, -0.2) is 4.79 Å². The predicted molar refractivity (Wildman–Crippen MR) is 120 cm³/mol. The summed E-state index contributed by atoms with van der Waals surface area (Å²) in [7, 11) is 0. The molecule has 0 bridgehead atoms. The summed E-state index contributed by atoms with van der Waals surface area (Å²) in [5.41, 5.74) is 4.91. The summed E-state index contributed by atoms with van der Waals surface area (Å²) in [4.78, 5) is 23.9. The van der Waals surface area contributed by atoms with E-state index in [1.807, 2.05) is 36.4 Å². The van der Waals surface area contributed by atoms with Crippen molar-refractivity contribution in [3.8, 4) is 11.1 Å². The molecule has 0 spiro atoms. The molecule has 3 aromatic carbocycles. The van der Waals surface area contributed by atoms with Crippen molar-refractivity contribution in [3.63, 3.8) is 0 Å². The Bertz CT molecular complexity index is 1100. The van der Waals surface area contributed by atoms with Crippen LogP contribution < -0.4 is 5.32 Å². The van der Waals surface area contributed by atoms with Crippen LogP contribution in [0.3, 0.4) is 0 Å². The molecule has 158 valence electrons. The summed E-state index contributed by atoms with van der Waals surface area (Å²) in [5, 5.41) is 12.6. The topological polar surface area (TPSA) is 75.6 Å². The number of carboxylic acids is 1. The standard InChI is InChI=1S/C24H19Cl2NO4/c25-14-9-10-19(21(26)11-14)22(12-23(28)29)27-24(30)31-13-20-17-7-3-1-5-15(17)16-6-2-4-8-18(16)20/h1-11,20,22H,12-13H2,(H,27,30)(H,28,29)/t22-/m0/s1. The van der Waals surface area contributed by atoms with Crippen molar-refractivity contribution >= 4 is 35.3 Å². The van der Waals surface area contributed by atoms with Crippen LogP contribution in [0.2, 0.25) is 10.0 Å². The number of ether oxygens (including phenoxy) is 1. The lowest BCUT2D eigenvalue weighted by Crippen LogP contribution is -2.31. The van der Waals surface area contributed by atoms with Crippen molar-refractivity contribution in [2.75, 3.05) is 6.61 Å². The first-order valence-corrected chi connectivity index (χ1v) is 10.5. The smallest absolute Gasteiger partial charge is 0.407 e. The molecule has 4 rings (SSSR count). The fourth-order valence-electron chi connectivity index (χ4n) is 3.98. The van der Waals surface area contributed by atoms with Gasteiger partial charge in [-0.15, -0.1) is 0 Å². The number of nitrogens with one attached hydrogen (secondary N) is 1. The zero-order chi connectivity index (χ0) is 22.0. The van der Waals surface area contributed by atoms with Gasteiger partial charge in [0, 0.05) is 16.0 Å². The molecule has 1 atom stereocenters. The van der Waals surface area contributed by atoms with Crippen LogP contribution in [0.25, 0.3) is 11.1 Å². The second-order valence-electron chi connectivity index (χ2n) is 7.29. The zero-order valence-electron chi connectivity index (χ0n) is 16.3. The van der Waals surface area contributed by atoms with Gasteiger partial charge in [-0.1, -0.05) is 77.8 Å². The van der Waals surface area contributed by atoms with E-state index in [9.17, 15) is 14.7 Å². The summed E-state index contributed by atoms with van der Waals surface area (Å²) in [6.07, 6.45) is -1.05. The van der Waals surface area contributed by atoms with Crippen LogP contribution in [0.1, 0.15) is 35.1 Å². The summed E-state index contributed by atoms with van der Waals surface area (Å²) in [6, 6.07) is 19.9. The average molecular weight is 456 g/mol. The number of aliphatic carboxylic acids is 1. The van der Waals surface area contributed by atoms with Gasteiger partial charge < -0.3 is 15.2 Å². The van der Waals surface area contributed by atoms with Gasteiger partial charge in [0.15, 0.2) is 0 Å². The van der Waals surface area contributed by atoms with Gasteiger partial charge in [-0.3, -0.25) is 4.79 Å². The number of hydrogen-bond acceptors (Lipinski definition) is 3. The number of hydrogen-bond donors (Lipinski definition) is 2. The highest BCUT2D eigenvalue weighted by Crippen LogP contribution is 2.44. The molecule has 7 heteroatoms. The van der Waals surface area contributed by atoms with E-state index in [0.717, 1.165) is 22.3 Å². The predicted octanol–water partition coefficient (Wildman–Crippen LogP) is 6.05. The fourth-order valence-corrected chi connectivity index (χ4v) is 4.52. The molecule has 0 fully saturated rings. The van der Waals surface area contributed by atoms with Crippen LogP contribution in [-0.2, 0) is 9.53 Å². The van der Waals surface area contributed by atoms with Crippen molar-refractivity contribution in [2.24, 2.45) is 0 Å². The van der Waals surface area contributed by atoms with E-state index >= 15 is 0 Å². The number of benzene rings is 3. The Labute approximate surface area is 189 Å². The highest BCUT2D eigenvalue weighted by molar-refractivity contribution is 6.35. The van der Waals surface area contributed by atoms with Crippen LogP contribution in [-0.4, -0.2) is 23.8 Å². The Morgan fingerprint density at radius 3 is 2.16 bits per heavy atom. The molecule has 3 aromatic rings. The van der Waals surface area contributed by atoms with Crippen LogP contribution in [0.15, 0.2) is 66.7 Å². The minimum atomic E-state index is -1.07. The lowest BCUT2D eigenvalue weighted by atomic mass is 9.98. The van der Waals surface area contributed by atoms with Gasteiger partial charge in [-0.2, -0.15) is 0 Å². The molecule has 0 aromatic heterocycles. The molecule has 31 heavy (non-hydrogen) atoms. The number of amides is 1. The molecule has 0 radical (unpaired) electrons. The van der Waals surface area contributed by atoms with E-state index < -0.39 is 18.1 Å². The summed E-state index contributed by atoms with van der Waals surface area (Å²) < 4.78 is 5.52. The van der Waals surface area contributed by atoms with Crippen LogP contribution in [0.4, 0.5) is 4.79 Å². The quantitative estimate of drug-likeness (QED) is 0.474. The number of carbonyl (C=O) groups excluding carboxylic acids is 1. The van der Waals surface area contributed by atoms with Gasteiger partial charge in [0.05, 0.1) is 12.5 Å². The number of carbonyl (C=O) groups is 2. The van der Waals surface area contributed by atoms with E-state index in [0.29, 0.717) is 10.6 Å². The molecule has 2 N–H and O–H groups in total. The molecule has 0 aliphatic heterocycles. The maximum absolute atomic E-state index is 12.6. The minimum absolute atomic E-state index is 0.0878. The SMILES string of the molecule is O=C(O)C[C@H](NC(=O)OCC1c2ccccc2-c2ccccc21)c1ccc(Cl)cc1Cl. The second-order valence-corrected chi connectivity index (χ2v) is 8.13. The van der Waals surface area contributed by atoms with Crippen molar-refractivity contribution in [2.45, 2.75) is 18.4 Å². The third kappa shape index (κ3) is 4.53. The van der Waals surface area contributed by atoms with E-state index in [4.69, 9.17) is 27.9 Å². The normalized spacial score (nSPS) is 13.2. The van der Waals surface area contributed by atoms with Gasteiger partial charge in [-0.05, 0) is 39.9 Å². The Hall–Kier alpha value is -3.02. The van der Waals surface area contributed by atoms with Gasteiger partial charge in [0.25, 0.3) is 0 Å². The molecule has 0 unspecified atom stereocenters. The molecular weight excluding hydrogens is 437 g/mol. The molecule has 1 amide bonds. The Balaban J connectivity index is 1.50. The minimum Gasteiger partial charge on any atom is -0.481 e. The maximum Gasteiger partial charge on any atom is 0.407 e. The maximum atomic E-state index is 12.6. The molecule has 0 saturated heterocycles. The first-order valence-electron chi connectivity index (χ1n) is 9.72. The van der Waals surface area contributed by atoms with Crippen LogP contribution in [0, 0.1) is 0 Å². The van der Waals surface area contributed by atoms with Crippen molar-refractivity contribution in [1.82, 2.24) is 5.32 Å². The summed E-state index contributed by atoms with van der Waals surface area (Å²) in [5.74, 6) is -1.16. The Kier molecular flexibility index (Phi) is 6.16. The second kappa shape index (κ2) is 9.00. The Morgan fingerprint density at radius 2 is 1.58 bits per heavy atom. The monoisotopic (exact) mass is 455 g/mol. The average Bonchev–Trinajstić information content (AvgIpc) is 3.05. The largest absolute Gasteiger partial charge is 0.481 e. The van der Waals surface area contributed by atoms with E-state index in [1.165, 1.54) is 6.07 Å². The number of halogens is 2. The molecule has 0 heterocycles. The van der Waals surface area contributed by atoms with E-state index in [1.54, 1.807) is 12.1 Å². The number of rotatable bonds is 6. The molecule has 1 aliphatic rings. The molecule has 5 nitrogen and oxygen atoms in total. The third-order valence-electron chi connectivity index (χ3n) is 5.35. The van der Waals surface area contributed by atoms with Crippen LogP contribution in [0.5, 0.6) is 0 Å². The number of carboxylic acid groups (broad SMARTS) is 1. The first kappa shape index (κ1) is 21.2. The van der Waals surface area contributed by atoms with Crippen molar-refractivity contribution in [1.29, 1.82) is 0 Å². The molecule has 1 aliphatic carbocycles. The lowest BCUT2D eigenvalue weighted by molar-refractivity contribution is -0.137. The third-order valence-corrected chi connectivity index (χ3v) is 5.91. The summed E-state index contributed by atoms with van der Waals surface area (Å²) >= 11 is 12.1. The zero-order valence-corrected chi connectivity index (χ0v) is 17.9. The first-order chi connectivity index (χ1) is 14.9. The molecular formula is C24H19Cl2NO4. The van der Waals surface area contributed by atoms with Crippen molar-refractivity contribution < 1.29 is 19.4 Å². The highest BCUT2D eigenvalue weighted by atomic mass is 35.5. The number of alkyl carbamates (subject to hydrolysis) is 1.